The third-order valence-electron chi connectivity index (χ3n) is 3.58. The number of nitrogens with one attached hydrogen (secondary N) is 1. The summed E-state index contributed by atoms with van der Waals surface area (Å²) in [5.74, 6) is -1.41. The van der Waals surface area contributed by atoms with Crippen LogP contribution in [0.25, 0.3) is 0 Å². The molecule has 0 saturated heterocycles. The Hall–Kier alpha value is -2.49. The summed E-state index contributed by atoms with van der Waals surface area (Å²) >= 11 is 0. The molecule has 1 aromatic rings. The number of hydrogen-bond acceptors (Lipinski definition) is 8. The molecule has 9 heteroatoms. The normalized spacial score (nSPS) is 14.0. The number of rotatable bonds is 11. The number of esters is 1. The molecule has 27 heavy (non-hydrogen) atoms. The molecule has 0 saturated carbocycles. The van der Waals surface area contributed by atoms with Crippen molar-refractivity contribution in [3.63, 3.8) is 0 Å². The first-order valence-corrected chi connectivity index (χ1v) is 8.43. The highest BCUT2D eigenvalue weighted by atomic mass is 16.5. The smallest absolute Gasteiger partial charge is 0.328 e. The van der Waals surface area contributed by atoms with Gasteiger partial charge in [0.25, 0.3) is 0 Å². The van der Waals surface area contributed by atoms with Gasteiger partial charge in [-0.15, -0.1) is 0 Å². The van der Waals surface area contributed by atoms with Crippen LogP contribution in [0.3, 0.4) is 0 Å². The number of Topliss-reactive ketones (excluding diaryl/α,β-unsaturated/α-hetero) is 1. The molecule has 0 radical (unpaired) electrons. The van der Waals surface area contributed by atoms with E-state index in [2.05, 4.69) is 5.32 Å². The molecule has 0 fully saturated rings. The van der Waals surface area contributed by atoms with Gasteiger partial charge in [-0.05, 0) is 24.6 Å². The molecular formula is C18H25NO8. The lowest BCUT2D eigenvalue weighted by atomic mass is 10.1. The molecule has 0 aliphatic heterocycles. The first-order chi connectivity index (χ1) is 12.8. The third kappa shape index (κ3) is 7.73. The van der Waals surface area contributed by atoms with Crippen LogP contribution in [0, 0.1) is 0 Å². The second-order valence-electron chi connectivity index (χ2n) is 5.80. The number of carbonyl (C=O) groups excluding carboxylic acids is 3. The minimum absolute atomic E-state index is 0.203. The predicted molar refractivity (Wildman–Crippen MR) is 94.0 cm³/mol. The van der Waals surface area contributed by atoms with Gasteiger partial charge in [-0.1, -0.05) is 12.1 Å². The highest BCUT2D eigenvalue weighted by Gasteiger charge is 2.24. The molecule has 3 atom stereocenters. The number of ketones is 1. The van der Waals surface area contributed by atoms with Crippen molar-refractivity contribution in [2.45, 2.75) is 38.5 Å². The van der Waals surface area contributed by atoms with E-state index in [4.69, 9.17) is 14.6 Å². The highest BCUT2D eigenvalue weighted by molar-refractivity contribution is 5.84. The Morgan fingerprint density at radius 3 is 2.30 bits per heavy atom. The fourth-order valence-electron chi connectivity index (χ4n) is 2.22. The summed E-state index contributed by atoms with van der Waals surface area (Å²) in [6, 6.07) is 5.70. The van der Waals surface area contributed by atoms with Crippen LogP contribution >= 0.6 is 0 Å². The number of benzene rings is 1. The third-order valence-corrected chi connectivity index (χ3v) is 3.58. The quantitative estimate of drug-likeness (QED) is 0.355. The first kappa shape index (κ1) is 22.6. The van der Waals surface area contributed by atoms with E-state index in [9.17, 15) is 24.6 Å². The molecule has 4 N–H and O–H groups in total. The lowest BCUT2D eigenvalue weighted by Crippen LogP contribution is -2.42. The van der Waals surface area contributed by atoms with E-state index in [0.29, 0.717) is 5.75 Å². The molecule has 0 aliphatic rings. The highest BCUT2D eigenvalue weighted by Crippen LogP contribution is 2.15. The van der Waals surface area contributed by atoms with Crippen LogP contribution in [0.4, 0.5) is 0 Å². The van der Waals surface area contributed by atoms with Crippen LogP contribution < -0.4 is 10.1 Å². The first-order valence-electron chi connectivity index (χ1n) is 8.43. The minimum Gasteiger partial charge on any atom is -0.491 e. The molecule has 0 aromatic heterocycles. The SMILES string of the molecule is CCOC(=O)[C@H](Cc1ccc(OC[C@@H](O)[C@H](O)C(=O)CO)cc1)NC(C)=O. The molecule has 1 rings (SSSR count). The van der Waals surface area contributed by atoms with Crippen LogP contribution in [0.15, 0.2) is 24.3 Å². The van der Waals surface area contributed by atoms with Crippen LogP contribution in [0.5, 0.6) is 5.75 Å². The van der Waals surface area contributed by atoms with Crippen LogP contribution in [-0.4, -0.2) is 71.0 Å². The molecule has 9 nitrogen and oxygen atoms in total. The Kier molecular flexibility index (Phi) is 9.41. The average Bonchev–Trinajstić information content (AvgIpc) is 2.65. The van der Waals surface area contributed by atoms with E-state index in [1.165, 1.54) is 6.92 Å². The van der Waals surface area contributed by atoms with E-state index in [0.717, 1.165) is 5.56 Å². The Bertz CT molecular complexity index is 631. The summed E-state index contributed by atoms with van der Waals surface area (Å²) in [6.45, 7) is 1.97. The standard InChI is InChI=1S/C18H25NO8/c1-3-26-18(25)14(19-11(2)21)8-12-4-6-13(7-5-12)27-10-16(23)17(24)15(22)9-20/h4-7,14,16-17,20,23-24H,3,8-10H2,1-2H3,(H,19,21)/t14-,16+,17+/m0/s1. The zero-order chi connectivity index (χ0) is 20.4. The fraction of sp³-hybridized carbons (Fsp3) is 0.500. The summed E-state index contributed by atoms with van der Waals surface area (Å²) in [4.78, 5) is 34.3. The van der Waals surface area contributed by atoms with Gasteiger partial charge in [0, 0.05) is 13.3 Å². The molecule has 1 amide bonds. The zero-order valence-corrected chi connectivity index (χ0v) is 15.3. The maximum atomic E-state index is 11.9. The van der Waals surface area contributed by atoms with Gasteiger partial charge >= 0.3 is 5.97 Å². The molecule has 0 spiro atoms. The van der Waals surface area contributed by atoms with E-state index in [1.807, 2.05) is 0 Å². The lowest BCUT2D eigenvalue weighted by molar-refractivity contribution is -0.147. The van der Waals surface area contributed by atoms with Gasteiger partial charge in [0.1, 0.15) is 37.2 Å². The van der Waals surface area contributed by atoms with Gasteiger partial charge in [0.05, 0.1) is 6.61 Å². The largest absolute Gasteiger partial charge is 0.491 e. The van der Waals surface area contributed by atoms with Crippen LogP contribution in [0.1, 0.15) is 19.4 Å². The fourth-order valence-corrected chi connectivity index (χ4v) is 2.22. The van der Waals surface area contributed by atoms with Crippen molar-refractivity contribution < 1.29 is 39.2 Å². The minimum atomic E-state index is -1.72. The zero-order valence-electron chi connectivity index (χ0n) is 15.3. The van der Waals surface area contributed by atoms with Crippen molar-refractivity contribution in [2.75, 3.05) is 19.8 Å². The van der Waals surface area contributed by atoms with Gasteiger partial charge < -0.3 is 30.1 Å². The summed E-state index contributed by atoms with van der Waals surface area (Å²) < 4.78 is 10.2. The van der Waals surface area contributed by atoms with E-state index in [1.54, 1.807) is 31.2 Å². The molecule has 0 aliphatic carbocycles. The van der Waals surface area contributed by atoms with Crippen molar-refractivity contribution in [3.8, 4) is 5.75 Å². The van der Waals surface area contributed by atoms with E-state index < -0.39 is 36.6 Å². The number of aliphatic hydroxyl groups is 3. The second kappa shape index (κ2) is 11.3. The molecule has 150 valence electrons. The maximum absolute atomic E-state index is 11.9. The van der Waals surface area contributed by atoms with Crippen molar-refractivity contribution in [3.05, 3.63) is 29.8 Å². The summed E-state index contributed by atoms with van der Waals surface area (Å²) in [6.07, 6.45) is -2.97. The van der Waals surface area contributed by atoms with Crippen LogP contribution in [-0.2, 0) is 25.5 Å². The predicted octanol–water partition coefficient (Wildman–Crippen LogP) is -1.04. The topological polar surface area (TPSA) is 142 Å². The Balaban J connectivity index is 2.65. The summed E-state index contributed by atoms with van der Waals surface area (Å²) in [5.41, 5.74) is 0.741. The van der Waals surface area contributed by atoms with Gasteiger partial charge in [0.15, 0.2) is 5.78 Å². The second-order valence-corrected chi connectivity index (χ2v) is 5.80. The van der Waals surface area contributed by atoms with Gasteiger partial charge in [0.2, 0.25) is 5.91 Å². The Labute approximate surface area is 156 Å². The van der Waals surface area contributed by atoms with Gasteiger partial charge in [-0.2, -0.15) is 0 Å². The maximum Gasteiger partial charge on any atom is 0.328 e. The Morgan fingerprint density at radius 2 is 1.78 bits per heavy atom. The Morgan fingerprint density at radius 1 is 1.15 bits per heavy atom. The average molecular weight is 383 g/mol. The molecular weight excluding hydrogens is 358 g/mol. The van der Waals surface area contributed by atoms with E-state index in [-0.39, 0.29) is 25.5 Å². The van der Waals surface area contributed by atoms with Gasteiger partial charge in [-0.3, -0.25) is 9.59 Å². The summed E-state index contributed by atoms with van der Waals surface area (Å²) in [7, 11) is 0. The van der Waals surface area contributed by atoms with Crippen LogP contribution in [0.2, 0.25) is 0 Å². The lowest BCUT2D eigenvalue weighted by Gasteiger charge is -2.18. The molecule has 0 unspecified atom stereocenters. The number of aliphatic hydroxyl groups excluding tert-OH is 3. The number of carbonyl (C=O) groups is 3. The van der Waals surface area contributed by atoms with Crippen molar-refractivity contribution in [2.24, 2.45) is 0 Å². The molecule has 0 heterocycles. The number of amides is 1. The van der Waals surface area contributed by atoms with Crippen molar-refractivity contribution in [1.82, 2.24) is 5.32 Å². The summed E-state index contributed by atoms with van der Waals surface area (Å²) in [5, 5.41) is 30.3. The van der Waals surface area contributed by atoms with Gasteiger partial charge in [-0.25, -0.2) is 4.79 Å². The number of hydrogen-bond donors (Lipinski definition) is 4. The van der Waals surface area contributed by atoms with E-state index >= 15 is 0 Å². The molecule has 0 bridgehead atoms. The monoisotopic (exact) mass is 383 g/mol. The number of ether oxygens (including phenoxy) is 2. The molecule has 1 aromatic carbocycles. The van der Waals surface area contributed by atoms with Crippen molar-refractivity contribution >= 4 is 17.7 Å². The van der Waals surface area contributed by atoms with Crippen molar-refractivity contribution in [1.29, 1.82) is 0 Å².